The second-order valence-electron chi connectivity index (χ2n) is 9.27. The van der Waals surface area contributed by atoms with Crippen LogP contribution in [0.2, 0.25) is 0 Å². The fourth-order valence-electron chi connectivity index (χ4n) is 5.10. The van der Waals surface area contributed by atoms with Crippen molar-refractivity contribution in [1.29, 1.82) is 0 Å². The molecule has 2 saturated heterocycles. The maximum Gasteiger partial charge on any atom is 0.244 e. The topological polar surface area (TPSA) is 75.5 Å². The maximum absolute atomic E-state index is 13.6. The molecule has 2 aromatic rings. The van der Waals surface area contributed by atoms with Crippen molar-refractivity contribution in [2.75, 3.05) is 31.6 Å². The molecule has 0 aliphatic carbocycles. The van der Waals surface area contributed by atoms with Gasteiger partial charge in [-0.25, -0.2) is 8.42 Å². The van der Waals surface area contributed by atoms with Crippen molar-refractivity contribution in [3.8, 4) is 0 Å². The van der Waals surface area contributed by atoms with E-state index in [9.17, 15) is 13.2 Å². The molecule has 2 aliphatic heterocycles. The standard InChI is InChI=1S/C24H34N4O3S/c1-18-22(19(2)28(25-18)21-12-15-32(30,31)17-21)16-26(3)23(20-10-6-4-7-11-20)24(29)27-13-8-5-9-14-27/h4,6-7,10-11,21,23H,5,8-9,12-17H2,1-3H3/t21-,23+/m1/s1. The Morgan fingerprint density at radius 1 is 1.16 bits per heavy atom. The zero-order chi connectivity index (χ0) is 22.9. The van der Waals surface area contributed by atoms with Crippen molar-refractivity contribution < 1.29 is 13.2 Å². The molecule has 2 aliphatic rings. The van der Waals surface area contributed by atoms with Crippen LogP contribution in [-0.4, -0.2) is 65.5 Å². The van der Waals surface area contributed by atoms with Gasteiger partial charge in [0.25, 0.3) is 0 Å². The van der Waals surface area contributed by atoms with E-state index in [1.54, 1.807) is 0 Å². The third-order valence-corrected chi connectivity index (χ3v) is 8.64. The van der Waals surface area contributed by atoms with Crippen molar-refractivity contribution in [3.05, 3.63) is 52.8 Å². The molecule has 0 bridgehead atoms. The Labute approximate surface area is 191 Å². The van der Waals surface area contributed by atoms with Crippen LogP contribution < -0.4 is 0 Å². The van der Waals surface area contributed by atoms with Crippen molar-refractivity contribution in [3.63, 3.8) is 0 Å². The number of likely N-dealkylation sites (N-methyl/N-ethyl adjacent to an activating group) is 1. The highest BCUT2D eigenvalue weighted by Gasteiger charge is 2.33. The molecule has 0 radical (unpaired) electrons. The Balaban J connectivity index is 1.60. The van der Waals surface area contributed by atoms with E-state index in [0.29, 0.717) is 13.0 Å². The Morgan fingerprint density at radius 3 is 2.47 bits per heavy atom. The van der Waals surface area contributed by atoms with E-state index < -0.39 is 9.84 Å². The molecule has 8 heteroatoms. The van der Waals surface area contributed by atoms with Crippen molar-refractivity contribution in [2.24, 2.45) is 0 Å². The predicted octanol–water partition coefficient (Wildman–Crippen LogP) is 3.05. The van der Waals surface area contributed by atoms with Gasteiger partial charge in [-0.3, -0.25) is 14.4 Å². The Kier molecular flexibility index (Phi) is 6.72. The minimum Gasteiger partial charge on any atom is -0.341 e. The molecular formula is C24H34N4O3S. The van der Waals surface area contributed by atoms with Crippen molar-refractivity contribution >= 4 is 15.7 Å². The summed E-state index contributed by atoms with van der Waals surface area (Å²) >= 11 is 0. The van der Waals surface area contributed by atoms with Crippen LogP contribution in [0.15, 0.2) is 30.3 Å². The fraction of sp³-hybridized carbons (Fsp3) is 0.583. The summed E-state index contributed by atoms with van der Waals surface area (Å²) in [6.45, 7) is 6.21. The van der Waals surface area contributed by atoms with Crippen molar-refractivity contribution in [2.45, 2.75) is 58.2 Å². The first kappa shape index (κ1) is 23.0. The second kappa shape index (κ2) is 9.35. The molecule has 3 heterocycles. The van der Waals surface area contributed by atoms with Crippen LogP contribution in [0.5, 0.6) is 0 Å². The summed E-state index contributed by atoms with van der Waals surface area (Å²) in [7, 11) is -0.986. The predicted molar refractivity (Wildman–Crippen MR) is 125 cm³/mol. The highest BCUT2D eigenvalue weighted by Crippen LogP contribution is 2.30. The number of hydrogen-bond donors (Lipinski definition) is 0. The summed E-state index contributed by atoms with van der Waals surface area (Å²) < 4.78 is 25.8. The summed E-state index contributed by atoms with van der Waals surface area (Å²) in [6.07, 6.45) is 3.92. The minimum absolute atomic E-state index is 0.0994. The lowest BCUT2D eigenvalue weighted by Gasteiger charge is -2.35. The van der Waals surface area contributed by atoms with E-state index in [2.05, 4.69) is 4.90 Å². The van der Waals surface area contributed by atoms with Gasteiger partial charge in [-0.1, -0.05) is 30.3 Å². The lowest BCUT2D eigenvalue weighted by Crippen LogP contribution is -2.43. The van der Waals surface area contributed by atoms with E-state index in [1.165, 1.54) is 6.42 Å². The third-order valence-electron chi connectivity index (χ3n) is 6.89. The third kappa shape index (κ3) is 4.76. The summed E-state index contributed by atoms with van der Waals surface area (Å²) in [5.74, 6) is 0.540. The number of rotatable bonds is 6. The van der Waals surface area contributed by atoms with Gasteiger partial charge in [0.05, 0.1) is 23.2 Å². The summed E-state index contributed by atoms with van der Waals surface area (Å²) in [5.41, 5.74) is 3.96. The fourth-order valence-corrected chi connectivity index (χ4v) is 6.79. The van der Waals surface area contributed by atoms with Gasteiger partial charge in [0.1, 0.15) is 6.04 Å². The molecule has 2 atom stereocenters. The lowest BCUT2D eigenvalue weighted by atomic mass is 10.0. The summed E-state index contributed by atoms with van der Waals surface area (Å²) in [6, 6.07) is 9.52. The van der Waals surface area contributed by atoms with Crippen LogP contribution in [0.25, 0.3) is 0 Å². The van der Waals surface area contributed by atoms with E-state index in [1.807, 2.05) is 60.8 Å². The number of amides is 1. The quantitative estimate of drug-likeness (QED) is 0.665. The van der Waals surface area contributed by atoms with Gasteiger partial charge in [-0.15, -0.1) is 0 Å². The largest absolute Gasteiger partial charge is 0.341 e. The number of sulfone groups is 1. The van der Waals surface area contributed by atoms with Crippen LogP contribution in [0.4, 0.5) is 0 Å². The number of nitrogens with zero attached hydrogens (tertiary/aromatic N) is 4. The van der Waals surface area contributed by atoms with Gasteiger partial charge < -0.3 is 4.90 Å². The molecule has 0 spiro atoms. The number of likely N-dealkylation sites (tertiary alicyclic amines) is 1. The molecule has 2 fully saturated rings. The maximum atomic E-state index is 13.6. The number of hydrogen-bond acceptors (Lipinski definition) is 5. The molecule has 1 aromatic carbocycles. The molecule has 1 amide bonds. The minimum atomic E-state index is -2.98. The Morgan fingerprint density at radius 2 is 1.84 bits per heavy atom. The highest BCUT2D eigenvalue weighted by atomic mass is 32.2. The normalized spacial score (nSPS) is 21.8. The smallest absolute Gasteiger partial charge is 0.244 e. The molecule has 174 valence electrons. The molecule has 0 unspecified atom stereocenters. The second-order valence-corrected chi connectivity index (χ2v) is 11.5. The number of carbonyl (C=O) groups excluding carboxylic acids is 1. The monoisotopic (exact) mass is 458 g/mol. The van der Waals surface area contributed by atoms with E-state index in [4.69, 9.17) is 5.10 Å². The first-order valence-electron chi connectivity index (χ1n) is 11.6. The number of benzene rings is 1. The summed E-state index contributed by atoms with van der Waals surface area (Å²) in [4.78, 5) is 17.7. The van der Waals surface area contributed by atoms with Gasteiger partial charge >= 0.3 is 0 Å². The number of carbonyl (C=O) groups is 1. The molecule has 0 N–H and O–H groups in total. The SMILES string of the molecule is Cc1nn([C@@H]2CCS(=O)(=O)C2)c(C)c1CN(C)[C@H](C(=O)N1CCCCC1)c1ccccc1. The first-order chi connectivity index (χ1) is 15.3. The zero-order valence-electron chi connectivity index (χ0n) is 19.3. The molecule has 1 aromatic heterocycles. The molecule has 7 nitrogen and oxygen atoms in total. The Bertz CT molecular complexity index is 1060. The van der Waals surface area contributed by atoms with Gasteiger partial charge in [-0.2, -0.15) is 5.10 Å². The number of aryl methyl sites for hydroxylation is 1. The number of aromatic nitrogens is 2. The van der Waals surface area contributed by atoms with Crippen molar-refractivity contribution in [1.82, 2.24) is 19.6 Å². The van der Waals surface area contributed by atoms with Gasteiger partial charge in [-0.05, 0) is 52.1 Å². The average molecular weight is 459 g/mol. The van der Waals surface area contributed by atoms with E-state index in [-0.39, 0.29) is 29.5 Å². The molecule has 32 heavy (non-hydrogen) atoms. The summed E-state index contributed by atoms with van der Waals surface area (Å²) in [5, 5.41) is 4.71. The number of piperidine rings is 1. The van der Waals surface area contributed by atoms with Crippen LogP contribution in [0.1, 0.15) is 60.3 Å². The van der Waals surface area contributed by atoms with E-state index >= 15 is 0 Å². The first-order valence-corrected chi connectivity index (χ1v) is 13.4. The lowest BCUT2D eigenvalue weighted by molar-refractivity contribution is -0.138. The van der Waals surface area contributed by atoms with Gasteiger partial charge in [0.15, 0.2) is 9.84 Å². The van der Waals surface area contributed by atoms with Crippen LogP contribution >= 0.6 is 0 Å². The average Bonchev–Trinajstić information content (AvgIpc) is 3.28. The van der Waals surface area contributed by atoms with E-state index in [0.717, 1.165) is 48.4 Å². The Hall–Kier alpha value is -2.19. The van der Waals surface area contributed by atoms with Gasteiger partial charge in [0, 0.05) is 30.9 Å². The molecule has 4 rings (SSSR count). The molecule has 0 saturated carbocycles. The highest BCUT2D eigenvalue weighted by molar-refractivity contribution is 7.91. The molecular weight excluding hydrogens is 424 g/mol. The van der Waals surface area contributed by atoms with Crippen LogP contribution in [0, 0.1) is 13.8 Å². The van der Waals surface area contributed by atoms with Gasteiger partial charge in [0.2, 0.25) is 5.91 Å². The van der Waals surface area contributed by atoms with Crippen LogP contribution in [-0.2, 0) is 21.2 Å². The van der Waals surface area contributed by atoms with Crippen LogP contribution in [0.3, 0.4) is 0 Å². The zero-order valence-corrected chi connectivity index (χ0v) is 20.1.